The third-order valence-corrected chi connectivity index (χ3v) is 7.59. The topological polar surface area (TPSA) is 70.2 Å². The van der Waals surface area contributed by atoms with Crippen LogP contribution in [0.5, 0.6) is 0 Å². The monoisotopic (exact) mass is 433 g/mol. The van der Waals surface area contributed by atoms with Crippen molar-refractivity contribution in [2.24, 2.45) is 5.92 Å². The molecule has 156 valence electrons. The predicted octanol–water partition coefficient (Wildman–Crippen LogP) is 3.73. The number of thioether (sulfide) groups is 1. The maximum atomic E-state index is 12.7. The van der Waals surface area contributed by atoms with Crippen LogP contribution in [0.4, 0.5) is 0 Å². The SMILES string of the molecule is O=C(CCC1NC(=O)C2C3=C(CCCCC3)SC2N1)NCCc1ccc(Cl)cc1. The fourth-order valence-electron chi connectivity index (χ4n) is 4.39. The summed E-state index contributed by atoms with van der Waals surface area (Å²) >= 11 is 7.73. The summed E-state index contributed by atoms with van der Waals surface area (Å²) in [5.41, 5.74) is 2.51. The van der Waals surface area contributed by atoms with E-state index in [0.29, 0.717) is 24.4 Å². The third-order valence-electron chi connectivity index (χ3n) is 5.93. The molecule has 2 amide bonds. The van der Waals surface area contributed by atoms with Crippen molar-refractivity contribution in [3.8, 4) is 0 Å². The molecule has 3 unspecified atom stereocenters. The van der Waals surface area contributed by atoms with Crippen LogP contribution in [-0.2, 0) is 16.0 Å². The quantitative estimate of drug-likeness (QED) is 0.639. The lowest BCUT2D eigenvalue weighted by Gasteiger charge is -2.34. The van der Waals surface area contributed by atoms with Gasteiger partial charge in [0.15, 0.2) is 0 Å². The summed E-state index contributed by atoms with van der Waals surface area (Å²) in [5, 5.41) is 10.5. The molecule has 0 aromatic heterocycles. The van der Waals surface area contributed by atoms with E-state index in [9.17, 15) is 9.59 Å². The molecule has 29 heavy (non-hydrogen) atoms. The summed E-state index contributed by atoms with van der Waals surface area (Å²) in [6.45, 7) is 0.599. The maximum Gasteiger partial charge on any atom is 0.230 e. The van der Waals surface area contributed by atoms with Gasteiger partial charge in [-0.1, -0.05) is 30.2 Å². The van der Waals surface area contributed by atoms with Crippen molar-refractivity contribution in [3.05, 3.63) is 45.3 Å². The van der Waals surface area contributed by atoms with Crippen LogP contribution in [0.3, 0.4) is 0 Å². The molecule has 1 saturated heterocycles. The van der Waals surface area contributed by atoms with Gasteiger partial charge in [0.2, 0.25) is 11.8 Å². The Kier molecular flexibility index (Phi) is 6.83. The molecular weight excluding hydrogens is 406 g/mol. The summed E-state index contributed by atoms with van der Waals surface area (Å²) in [6.07, 6.45) is 7.49. The zero-order valence-corrected chi connectivity index (χ0v) is 18.1. The fraction of sp³-hybridized carbons (Fsp3) is 0.545. The van der Waals surface area contributed by atoms with Gasteiger partial charge in [-0.25, -0.2) is 0 Å². The van der Waals surface area contributed by atoms with Crippen LogP contribution in [0.25, 0.3) is 0 Å². The van der Waals surface area contributed by atoms with E-state index in [1.165, 1.54) is 29.7 Å². The molecule has 0 radical (unpaired) electrons. The summed E-state index contributed by atoms with van der Waals surface area (Å²) in [6, 6.07) is 7.67. The number of nitrogens with one attached hydrogen (secondary N) is 3. The van der Waals surface area contributed by atoms with Crippen LogP contribution in [0.1, 0.15) is 50.5 Å². The Morgan fingerprint density at radius 2 is 1.97 bits per heavy atom. The van der Waals surface area contributed by atoms with Gasteiger partial charge in [-0.2, -0.15) is 0 Å². The number of rotatable bonds is 6. The predicted molar refractivity (Wildman–Crippen MR) is 117 cm³/mol. The second kappa shape index (κ2) is 9.54. The molecule has 3 atom stereocenters. The van der Waals surface area contributed by atoms with Gasteiger partial charge in [0.05, 0.1) is 17.5 Å². The Balaban J connectivity index is 1.21. The first kappa shape index (κ1) is 20.8. The number of allylic oxidation sites excluding steroid dienone is 1. The van der Waals surface area contributed by atoms with Gasteiger partial charge < -0.3 is 10.6 Å². The van der Waals surface area contributed by atoms with Crippen molar-refractivity contribution in [2.45, 2.75) is 62.9 Å². The lowest BCUT2D eigenvalue weighted by Crippen LogP contribution is -2.59. The number of carbonyl (C=O) groups is 2. The average Bonchev–Trinajstić information content (AvgIpc) is 2.90. The first-order valence-corrected chi connectivity index (χ1v) is 11.8. The number of benzene rings is 1. The number of carbonyl (C=O) groups excluding carboxylic acids is 2. The smallest absolute Gasteiger partial charge is 0.230 e. The van der Waals surface area contributed by atoms with E-state index in [2.05, 4.69) is 16.0 Å². The Morgan fingerprint density at radius 1 is 1.17 bits per heavy atom. The molecule has 1 aliphatic carbocycles. The highest BCUT2D eigenvalue weighted by Crippen LogP contribution is 2.48. The lowest BCUT2D eigenvalue weighted by molar-refractivity contribution is -0.128. The van der Waals surface area contributed by atoms with Gasteiger partial charge in [-0.05, 0) is 66.7 Å². The molecule has 0 saturated carbocycles. The largest absolute Gasteiger partial charge is 0.356 e. The molecule has 0 bridgehead atoms. The molecular formula is C22H28ClN3O2S. The summed E-state index contributed by atoms with van der Waals surface area (Å²) in [5.74, 6) is 0.115. The molecule has 3 aliphatic rings. The Labute approximate surface area is 181 Å². The molecule has 4 rings (SSSR count). The minimum Gasteiger partial charge on any atom is -0.356 e. The molecule has 1 aromatic rings. The third kappa shape index (κ3) is 5.16. The van der Waals surface area contributed by atoms with E-state index < -0.39 is 0 Å². The summed E-state index contributed by atoms with van der Waals surface area (Å²) in [4.78, 5) is 26.4. The van der Waals surface area contributed by atoms with Gasteiger partial charge in [0, 0.05) is 18.0 Å². The summed E-state index contributed by atoms with van der Waals surface area (Å²) < 4.78 is 0. The van der Waals surface area contributed by atoms with Crippen LogP contribution < -0.4 is 16.0 Å². The summed E-state index contributed by atoms with van der Waals surface area (Å²) in [7, 11) is 0. The second-order valence-electron chi connectivity index (χ2n) is 8.02. The highest BCUT2D eigenvalue weighted by atomic mass is 35.5. The maximum absolute atomic E-state index is 12.7. The van der Waals surface area contributed by atoms with Crippen LogP contribution in [0.15, 0.2) is 34.7 Å². The van der Waals surface area contributed by atoms with Crippen molar-refractivity contribution in [3.63, 3.8) is 0 Å². The minimum absolute atomic E-state index is 0.0186. The second-order valence-corrected chi connectivity index (χ2v) is 9.69. The van der Waals surface area contributed by atoms with Crippen molar-refractivity contribution in [2.75, 3.05) is 6.54 Å². The minimum atomic E-state index is -0.137. The number of hydrogen-bond donors (Lipinski definition) is 3. The number of halogens is 1. The lowest BCUT2D eigenvalue weighted by atomic mass is 9.92. The fourth-order valence-corrected chi connectivity index (χ4v) is 6.12. The first-order valence-electron chi connectivity index (χ1n) is 10.6. The highest BCUT2D eigenvalue weighted by molar-refractivity contribution is 8.04. The van der Waals surface area contributed by atoms with Crippen molar-refractivity contribution in [1.29, 1.82) is 0 Å². The Morgan fingerprint density at radius 3 is 2.79 bits per heavy atom. The van der Waals surface area contributed by atoms with Gasteiger partial charge in [0.1, 0.15) is 0 Å². The van der Waals surface area contributed by atoms with E-state index in [-0.39, 0.29) is 29.3 Å². The normalized spacial score (nSPS) is 26.4. The zero-order valence-electron chi connectivity index (χ0n) is 16.5. The van der Waals surface area contributed by atoms with E-state index in [1.54, 1.807) is 0 Å². The van der Waals surface area contributed by atoms with E-state index in [0.717, 1.165) is 24.8 Å². The molecule has 2 aliphatic heterocycles. The van der Waals surface area contributed by atoms with Gasteiger partial charge in [-0.3, -0.25) is 14.9 Å². The Bertz CT molecular complexity index is 796. The molecule has 0 spiro atoms. The van der Waals surface area contributed by atoms with Crippen LogP contribution in [0, 0.1) is 5.92 Å². The van der Waals surface area contributed by atoms with E-state index in [1.807, 2.05) is 36.0 Å². The molecule has 2 heterocycles. The average molecular weight is 434 g/mol. The molecule has 3 N–H and O–H groups in total. The van der Waals surface area contributed by atoms with Gasteiger partial charge >= 0.3 is 0 Å². The molecule has 7 heteroatoms. The highest BCUT2D eigenvalue weighted by Gasteiger charge is 2.44. The van der Waals surface area contributed by atoms with Crippen LogP contribution >= 0.6 is 23.4 Å². The van der Waals surface area contributed by atoms with Gasteiger partial charge in [-0.15, -0.1) is 11.8 Å². The van der Waals surface area contributed by atoms with Crippen LogP contribution in [-0.4, -0.2) is 29.9 Å². The van der Waals surface area contributed by atoms with E-state index >= 15 is 0 Å². The number of hydrogen-bond acceptors (Lipinski definition) is 4. The first-order chi connectivity index (χ1) is 14.1. The van der Waals surface area contributed by atoms with Crippen molar-refractivity contribution in [1.82, 2.24) is 16.0 Å². The molecule has 1 fully saturated rings. The Hall–Kier alpha value is -1.50. The van der Waals surface area contributed by atoms with Crippen LogP contribution in [0.2, 0.25) is 5.02 Å². The number of fused-ring (bicyclic) bond motifs is 2. The standard InChI is InChI=1S/C22H28ClN3O2S/c23-15-8-6-14(7-9-15)12-13-24-19(27)11-10-18-25-21(28)20-16-4-2-1-3-5-17(16)29-22(20)26-18/h6-9,18,20,22,26H,1-5,10-13H2,(H,24,27)(H,25,28). The van der Waals surface area contributed by atoms with Crippen molar-refractivity contribution < 1.29 is 9.59 Å². The van der Waals surface area contributed by atoms with Gasteiger partial charge in [0.25, 0.3) is 0 Å². The molecule has 5 nitrogen and oxygen atoms in total. The van der Waals surface area contributed by atoms with Crippen molar-refractivity contribution >= 4 is 35.2 Å². The number of amides is 2. The van der Waals surface area contributed by atoms with E-state index in [4.69, 9.17) is 11.6 Å². The zero-order chi connectivity index (χ0) is 20.2. The molecule has 1 aromatic carbocycles.